The lowest BCUT2D eigenvalue weighted by molar-refractivity contribution is -0.120. The summed E-state index contributed by atoms with van der Waals surface area (Å²) < 4.78 is 13.4. The lowest BCUT2D eigenvalue weighted by Crippen LogP contribution is -2.26. The number of hydrogen-bond donors (Lipinski definition) is 1. The monoisotopic (exact) mass is 303 g/mol. The van der Waals surface area contributed by atoms with E-state index in [1.54, 1.807) is 30.0 Å². The van der Waals surface area contributed by atoms with Crippen LogP contribution in [-0.2, 0) is 11.2 Å². The van der Waals surface area contributed by atoms with Crippen molar-refractivity contribution in [3.63, 3.8) is 0 Å². The summed E-state index contributed by atoms with van der Waals surface area (Å²) in [6, 6.07) is 16.5. The number of thioether (sulfide) groups is 1. The van der Waals surface area contributed by atoms with Gasteiger partial charge in [-0.25, -0.2) is 4.39 Å². The van der Waals surface area contributed by atoms with E-state index in [4.69, 9.17) is 0 Å². The van der Waals surface area contributed by atoms with Crippen molar-refractivity contribution in [2.45, 2.75) is 17.7 Å². The smallest absolute Gasteiger partial charge is 0.224 e. The molecule has 0 aliphatic heterocycles. The van der Waals surface area contributed by atoms with Crippen molar-refractivity contribution in [2.75, 3.05) is 12.3 Å². The van der Waals surface area contributed by atoms with E-state index in [9.17, 15) is 9.18 Å². The summed E-state index contributed by atoms with van der Waals surface area (Å²) in [6.45, 7) is 0.618. The minimum Gasteiger partial charge on any atom is -0.356 e. The molecule has 0 saturated heterocycles. The average Bonchev–Trinajstić information content (AvgIpc) is 2.50. The highest BCUT2D eigenvalue weighted by molar-refractivity contribution is 7.99. The summed E-state index contributed by atoms with van der Waals surface area (Å²) in [7, 11) is 0. The Morgan fingerprint density at radius 2 is 1.76 bits per heavy atom. The standard InChI is InChI=1S/C17H18FNOS/c18-16-10-5-4-7-14(16)13-17(20)19-11-6-12-21-15-8-2-1-3-9-15/h1-5,7-10H,6,11-13H2,(H,19,20). The van der Waals surface area contributed by atoms with Gasteiger partial charge in [-0.1, -0.05) is 36.4 Å². The molecule has 0 saturated carbocycles. The Kier molecular flexibility index (Phi) is 6.28. The van der Waals surface area contributed by atoms with Crippen molar-refractivity contribution in [2.24, 2.45) is 0 Å². The number of halogens is 1. The van der Waals surface area contributed by atoms with Crippen LogP contribution in [0.2, 0.25) is 0 Å². The van der Waals surface area contributed by atoms with Crippen LogP contribution in [0.15, 0.2) is 59.5 Å². The van der Waals surface area contributed by atoms with E-state index in [1.807, 2.05) is 18.2 Å². The molecule has 0 unspecified atom stereocenters. The normalized spacial score (nSPS) is 10.3. The quantitative estimate of drug-likeness (QED) is 0.624. The first kappa shape index (κ1) is 15.6. The maximum Gasteiger partial charge on any atom is 0.224 e. The van der Waals surface area contributed by atoms with Crippen LogP contribution in [0, 0.1) is 5.82 Å². The molecule has 0 radical (unpaired) electrons. The van der Waals surface area contributed by atoms with E-state index in [0.717, 1.165) is 12.2 Å². The molecule has 0 spiro atoms. The molecule has 2 rings (SSSR count). The predicted molar refractivity (Wildman–Crippen MR) is 84.9 cm³/mol. The summed E-state index contributed by atoms with van der Waals surface area (Å²) in [5.41, 5.74) is 0.439. The molecule has 0 aromatic heterocycles. The van der Waals surface area contributed by atoms with Crippen molar-refractivity contribution in [3.05, 3.63) is 66.0 Å². The first-order chi connectivity index (χ1) is 10.3. The van der Waals surface area contributed by atoms with Gasteiger partial charge in [0.2, 0.25) is 5.91 Å². The molecule has 21 heavy (non-hydrogen) atoms. The molecule has 2 aromatic rings. The van der Waals surface area contributed by atoms with Crippen molar-refractivity contribution < 1.29 is 9.18 Å². The van der Waals surface area contributed by atoms with Crippen molar-refractivity contribution in [3.8, 4) is 0 Å². The van der Waals surface area contributed by atoms with Crippen LogP contribution in [0.1, 0.15) is 12.0 Å². The van der Waals surface area contributed by atoms with Gasteiger partial charge in [-0.15, -0.1) is 11.8 Å². The molecule has 110 valence electrons. The first-order valence-electron chi connectivity index (χ1n) is 6.93. The molecule has 0 aliphatic rings. The van der Waals surface area contributed by atoms with E-state index >= 15 is 0 Å². The topological polar surface area (TPSA) is 29.1 Å². The molecular weight excluding hydrogens is 285 g/mol. The van der Waals surface area contributed by atoms with Gasteiger partial charge < -0.3 is 5.32 Å². The lowest BCUT2D eigenvalue weighted by Gasteiger charge is -2.06. The van der Waals surface area contributed by atoms with E-state index in [1.165, 1.54) is 11.0 Å². The second kappa shape index (κ2) is 8.47. The van der Waals surface area contributed by atoms with Gasteiger partial charge >= 0.3 is 0 Å². The molecule has 0 atom stereocenters. The fourth-order valence-electron chi connectivity index (χ4n) is 1.88. The number of rotatable bonds is 7. The number of hydrogen-bond acceptors (Lipinski definition) is 2. The Morgan fingerprint density at radius 3 is 2.52 bits per heavy atom. The largest absolute Gasteiger partial charge is 0.356 e. The van der Waals surface area contributed by atoms with Crippen molar-refractivity contribution in [1.82, 2.24) is 5.32 Å². The van der Waals surface area contributed by atoms with E-state index in [0.29, 0.717) is 12.1 Å². The molecule has 0 bridgehead atoms. The van der Waals surface area contributed by atoms with Gasteiger partial charge in [-0.3, -0.25) is 4.79 Å². The van der Waals surface area contributed by atoms with Gasteiger partial charge in [0.15, 0.2) is 0 Å². The van der Waals surface area contributed by atoms with Crippen LogP contribution in [0.4, 0.5) is 4.39 Å². The minimum absolute atomic E-state index is 0.0957. The third-order valence-corrected chi connectivity index (χ3v) is 4.06. The van der Waals surface area contributed by atoms with E-state index < -0.39 is 0 Å². The SMILES string of the molecule is O=C(Cc1ccccc1F)NCCCSc1ccccc1. The molecule has 2 aromatic carbocycles. The molecule has 4 heteroatoms. The van der Waals surface area contributed by atoms with Gasteiger partial charge in [-0.2, -0.15) is 0 Å². The molecule has 1 amide bonds. The van der Waals surface area contributed by atoms with E-state index in [-0.39, 0.29) is 18.1 Å². The van der Waals surface area contributed by atoms with Crippen molar-refractivity contribution in [1.29, 1.82) is 0 Å². The minimum atomic E-state index is -0.327. The van der Waals surface area contributed by atoms with Gasteiger partial charge in [0.05, 0.1) is 6.42 Å². The zero-order valence-corrected chi connectivity index (χ0v) is 12.5. The van der Waals surface area contributed by atoms with Gasteiger partial charge in [0.1, 0.15) is 5.82 Å². The Balaban J connectivity index is 1.63. The number of carbonyl (C=O) groups is 1. The van der Waals surface area contributed by atoms with Gasteiger partial charge in [-0.05, 0) is 35.9 Å². The summed E-state index contributed by atoms with van der Waals surface area (Å²) in [5.74, 6) is 0.487. The highest BCUT2D eigenvalue weighted by atomic mass is 32.2. The Bertz CT molecular complexity index is 574. The fourth-order valence-corrected chi connectivity index (χ4v) is 2.76. The van der Waals surface area contributed by atoms with Crippen LogP contribution in [0.25, 0.3) is 0 Å². The molecular formula is C17H18FNOS. The predicted octanol–water partition coefficient (Wildman–Crippen LogP) is 3.67. The fraction of sp³-hybridized carbons (Fsp3) is 0.235. The molecule has 0 aliphatic carbocycles. The molecule has 0 fully saturated rings. The summed E-state index contributed by atoms with van der Waals surface area (Å²) >= 11 is 1.77. The summed E-state index contributed by atoms with van der Waals surface area (Å²) in [6.07, 6.45) is 0.987. The third kappa shape index (κ3) is 5.60. The summed E-state index contributed by atoms with van der Waals surface area (Å²) in [5, 5.41) is 2.83. The van der Waals surface area contributed by atoms with Crippen LogP contribution in [0.3, 0.4) is 0 Å². The van der Waals surface area contributed by atoms with Crippen LogP contribution in [0.5, 0.6) is 0 Å². The molecule has 2 nitrogen and oxygen atoms in total. The van der Waals surface area contributed by atoms with E-state index in [2.05, 4.69) is 17.4 Å². The lowest BCUT2D eigenvalue weighted by atomic mass is 10.1. The first-order valence-corrected chi connectivity index (χ1v) is 7.92. The van der Waals surface area contributed by atoms with Crippen molar-refractivity contribution >= 4 is 17.7 Å². The average molecular weight is 303 g/mol. The second-order valence-electron chi connectivity index (χ2n) is 4.63. The second-order valence-corrected chi connectivity index (χ2v) is 5.80. The number of nitrogens with one attached hydrogen (secondary N) is 1. The zero-order valence-electron chi connectivity index (χ0n) is 11.7. The van der Waals surface area contributed by atoms with Crippen LogP contribution in [-0.4, -0.2) is 18.2 Å². The maximum atomic E-state index is 13.4. The molecule has 0 heterocycles. The number of carbonyl (C=O) groups excluding carboxylic acids is 1. The van der Waals surface area contributed by atoms with Gasteiger partial charge in [0.25, 0.3) is 0 Å². The Hall–Kier alpha value is -1.81. The maximum absolute atomic E-state index is 13.4. The highest BCUT2D eigenvalue weighted by Gasteiger charge is 2.06. The van der Waals surface area contributed by atoms with Crippen LogP contribution >= 0.6 is 11.8 Å². The van der Waals surface area contributed by atoms with Crippen LogP contribution < -0.4 is 5.32 Å². The summed E-state index contributed by atoms with van der Waals surface area (Å²) in [4.78, 5) is 12.9. The highest BCUT2D eigenvalue weighted by Crippen LogP contribution is 2.17. The Morgan fingerprint density at radius 1 is 1.05 bits per heavy atom. The zero-order chi connectivity index (χ0) is 14.9. The third-order valence-electron chi connectivity index (χ3n) is 2.96. The number of benzene rings is 2. The molecule has 1 N–H and O–H groups in total. The van der Waals surface area contributed by atoms with Gasteiger partial charge in [0, 0.05) is 11.4 Å². The number of amides is 1. The Labute approximate surface area is 128 Å².